The quantitative estimate of drug-likeness (QED) is 0.620. The molecule has 0 radical (unpaired) electrons. The van der Waals surface area contributed by atoms with E-state index >= 15 is 0 Å². The predicted octanol–water partition coefficient (Wildman–Crippen LogP) is 5.02. The standard InChI is InChI=1S/C22H26N2O2/c1-3-5-6-17-7-9-19(10-8-17)23-22(25)16-24-14-13-18-15-20(26-4-2)11-12-21(18)24/h7-15H,3-6,16H2,1-2H3,(H,23,25). The van der Waals surface area contributed by atoms with Crippen molar-refractivity contribution in [2.75, 3.05) is 11.9 Å². The van der Waals surface area contributed by atoms with Crippen LogP contribution in [0.25, 0.3) is 10.9 Å². The first kappa shape index (κ1) is 18.1. The fraction of sp³-hybridized carbons (Fsp3) is 0.318. The largest absolute Gasteiger partial charge is 0.494 e. The summed E-state index contributed by atoms with van der Waals surface area (Å²) in [6, 6.07) is 16.1. The van der Waals surface area contributed by atoms with Crippen LogP contribution in [0.1, 0.15) is 32.3 Å². The van der Waals surface area contributed by atoms with Crippen molar-refractivity contribution < 1.29 is 9.53 Å². The molecule has 4 heteroatoms. The van der Waals surface area contributed by atoms with Crippen molar-refractivity contribution in [2.45, 2.75) is 39.7 Å². The van der Waals surface area contributed by atoms with Crippen LogP contribution in [0.15, 0.2) is 54.7 Å². The lowest BCUT2D eigenvalue weighted by Crippen LogP contribution is -2.18. The summed E-state index contributed by atoms with van der Waals surface area (Å²) in [5, 5.41) is 4.05. The smallest absolute Gasteiger partial charge is 0.244 e. The fourth-order valence-corrected chi connectivity index (χ4v) is 3.06. The molecule has 26 heavy (non-hydrogen) atoms. The molecule has 3 aromatic rings. The Hall–Kier alpha value is -2.75. The summed E-state index contributed by atoms with van der Waals surface area (Å²) in [6.45, 7) is 5.09. The maximum absolute atomic E-state index is 12.4. The Labute approximate surface area is 154 Å². The normalized spacial score (nSPS) is 10.8. The van der Waals surface area contributed by atoms with E-state index in [0.29, 0.717) is 6.61 Å². The summed E-state index contributed by atoms with van der Waals surface area (Å²) < 4.78 is 7.48. The highest BCUT2D eigenvalue weighted by atomic mass is 16.5. The van der Waals surface area contributed by atoms with Gasteiger partial charge in [0.05, 0.1) is 6.61 Å². The number of rotatable bonds is 8. The first-order valence-electron chi connectivity index (χ1n) is 9.30. The number of aromatic nitrogens is 1. The molecule has 0 aliphatic carbocycles. The maximum Gasteiger partial charge on any atom is 0.244 e. The second-order valence-corrected chi connectivity index (χ2v) is 6.45. The van der Waals surface area contributed by atoms with Crippen LogP contribution in [0.3, 0.4) is 0 Å². The average molecular weight is 350 g/mol. The van der Waals surface area contributed by atoms with Crippen LogP contribution in [-0.4, -0.2) is 17.1 Å². The number of hydrogen-bond donors (Lipinski definition) is 1. The van der Waals surface area contributed by atoms with Crippen molar-refractivity contribution in [3.05, 3.63) is 60.3 Å². The van der Waals surface area contributed by atoms with E-state index in [1.807, 2.05) is 54.1 Å². The number of carbonyl (C=O) groups is 1. The molecule has 136 valence electrons. The van der Waals surface area contributed by atoms with Gasteiger partial charge in [-0.3, -0.25) is 4.79 Å². The number of amides is 1. The zero-order chi connectivity index (χ0) is 18.4. The molecule has 0 atom stereocenters. The first-order chi connectivity index (χ1) is 12.7. The SMILES string of the molecule is CCCCc1ccc(NC(=O)Cn2ccc3cc(OCC)ccc32)cc1. The fourth-order valence-electron chi connectivity index (χ4n) is 3.06. The van der Waals surface area contributed by atoms with Gasteiger partial charge >= 0.3 is 0 Å². The number of hydrogen-bond acceptors (Lipinski definition) is 2. The minimum atomic E-state index is -0.0299. The minimum Gasteiger partial charge on any atom is -0.494 e. The minimum absolute atomic E-state index is 0.0299. The number of carbonyl (C=O) groups excluding carboxylic acids is 1. The lowest BCUT2D eigenvalue weighted by Gasteiger charge is -2.09. The zero-order valence-corrected chi connectivity index (χ0v) is 15.5. The summed E-state index contributed by atoms with van der Waals surface area (Å²) in [5.41, 5.74) is 3.18. The second kappa shape index (κ2) is 8.56. The van der Waals surface area contributed by atoms with E-state index in [9.17, 15) is 4.79 Å². The summed E-state index contributed by atoms with van der Waals surface area (Å²) >= 11 is 0. The van der Waals surface area contributed by atoms with Gasteiger partial charge in [0.25, 0.3) is 0 Å². The Kier molecular flexibility index (Phi) is 5.95. The third-order valence-corrected chi connectivity index (χ3v) is 4.42. The van der Waals surface area contributed by atoms with Crippen LogP contribution in [0.4, 0.5) is 5.69 Å². The first-order valence-corrected chi connectivity index (χ1v) is 9.30. The van der Waals surface area contributed by atoms with Crippen molar-refractivity contribution in [1.82, 2.24) is 4.57 Å². The molecular weight excluding hydrogens is 324 g/mol. The van der Waals surface area contributed by atoms with Gasteiger partial charge in [0.1, 0.15) is 12.3 Å². The summed E-state index contributed by atoms with van der Waals surface area (Å²) in [7, 11) is 0. The van der Waals surface area contributed by atoms with Crippen LogP contribution >= 0.6 is 0 Å². The average Bonchev–Trinajstić information content (AvgIpc) is 3.03. The highest BCUT2D eigenvalue weighted by Crippen LogP contribution is 2.22. The van der Waals surface area contributed by atoms with Crippen LogP contribution in [0.5, 0.6) is 5.75 Å². The number of nitrogens with zero attached hydrogens (tertiary/aromatic N) is 1. The van der Waals surface area contributed by atoms with Gasteiger partial charge in [0, 0.05) is 22.8 Å². The van der Waals surface area contributed by atoms with Gasteiger partial charge in [0.15, 0.2) is 0 Å². The molecule has 1 amide bonds. The van der Waals surface area contributed by atoms with Gasteiger partial charge < -0.3 is 14.6 Å². The zero-order valence-electron chi connectivity index (χ0n) is 15.5. The van der Waals surface area contributed by atoms with Gasteiger partial charge in [-0.2, -0.15) is 0 Å². The Morgan fingerprint density at radius 2 is 1.88 bits per heavy atom. The number of benzene rings is 2. The van der Waals surface area contributed by atoms with E-state index in [1.54, 1.807) is 0 Å². The molecule has 0 aliphatic heterocycles. The molecule has 2 aromatic carbocycles. The second-order valence-electron chi connectivity index (χ2n) is 6.45. The third kappa shape index (κ3) is 4.45. The van der Waals surface area contributed by atoms with E-state index in [1.165, 1.54) is 18.4 Å². The Morgan fingerprint density at radius 3 is 2.62 bits per heavy atom. The van der Waals surface area contributed by atoms with E-state index in [-0.39, 0.29) is 12.5 Å². The molecule has 0 unspecified atom stereocenters. The summed E-state index contributed by atoms with van der Waals surface area (Å²) in [5.74, 6) is 0.822. The number of unbranched alkanes of at least 4 members (excludes halogenated alkanes) is 1. The lowest BCUT2D eigenvalue weighted by molar-refractivity contribution is -0.116. The van der Waals surface area contributed by atoms with E-state index in [0.717, 1.165) is 28.8 Å². The Morgan fingerprint density at radius 1 is 1.08 bits per heavy atom. The topological polar surface area (TPSA) is 43.3 Å². The number of aryl methyl sites for hydroxylation is 1. The van der Waals surface area contributed by atoms with Crippen LogP contribution in [0, 0.1) is 0 Å². The van der Waals surface area contributed by atoms with Crippen LogP contribution in [-0.2, 0) is 17.8 Å². The molecule has 0 aliphatic rings. The molecule has 3 rings (SSSR count). The van der Waals surface area contributed by atoms with Crippen molar-refractivity contribution in [2.24, 2.45) is 0 Å². The molecule has 1 aromatic heterocycles. The van der Waals surface area contributed by atoms with Gasteiger partial charge in [-0.25, -0.2) is 0 Å². The Balaban J connectivity index is 1.63. The molecule has 0 fully saturated rings. The van der Waals surface area contributed by atoms with Gasteiger partial charge in [0.2, 0.25) is 5.91 Å². The molecule has 0 saturated heterocycles. The number of anilines is 1. The molecular formula is C22H26N2O2. The Bertz CT molecular complexity index is 865. The molecule has 0 saturated carbocycles. The molecule has 4 nitrogen and oxygen atoms in total. The van der Waals surface area contributed by atoms with Gasteiger partial charge in [-0.1, -0.05) is 25.5 Å². The maximum atomic E-state index is 12.4. The highest BCUT2D eigenvalue weighted by Gasteiger charge is 2.08. The van der Waals surface area contributed by atoms with Crippen molar-refractivity contribution in [3.63, 3.8) is 0 Å². The highest BCUT2D eigenvalue weighted by molar-refractivity contribution is 5.92. The predicted molar refractivity (Wildman–Crippen MR) is 107 cm³/mol. The van der Waals surface area contributed by atoms with Gasteiger partial charge in [-0.15, -0.1) is 0 Å². The molecule has 1 heterocycles. The van der Waals surface area contributed by atoms with Gasteiger partial charge in [-0.05, 0) is 61.7 Å². The number of ether oxygens (including phenoxy) is 1. The summed E-state index contributed by atoms with van der Waals surface area (Å²) in [6.07, 6.45) is 5.41. The van der Waals surface area contributed by atoms with Crippen molar-refractivity contribution >= 4 is 22.5 Å². The molecule has 0 spiro atoms. The summed E-state index contributed by atoms with van der Waals surface area (Å²) in [4.78, 5) is 12.4. The van der Waals surface area contributed by atoms with Crippen molar-refractivity contribution in [1.29, 1.82) is 0 Å². The lowest BCUT2D eigenvalue weighted by atomic mass is 10.1. The third-order valence-electron chi connectivity index (χ3n) is 4.42. The number of fused-ring (bicyclic) bond motifs is 1. The van der Waals surface area contributed by atoms with E-state index in [4.69, 9.17) is 4.74 Å². The molecule has 1 N–H and O–H groups in total. The van der Waals surface area contributed by atoms with Crippen LogP contribution < -0.4 is 10.1 Å². The monoisotopic (exact) mass is 350 g/mol. The van der Waals surface area contributed by atoms with E-state index in [2.05, 4.69) is 24.4 Å². The van der Waals surface area contributed by atoms with Crippen LogP contribution in [0.2, 0.25) is 0 Å². The molecule has 0 bridgehead atoms. The van der Waals surface area contributed by atoms with Crippen molar-refractivity contribution in [3.8, 4) is 5.75 Å². The number of nitrogens with one attached hydrogen (secondary N) is 1. The van der Waals surface area contributed by atoms with E-state index < -0.39 is 0 Å².